The Morgan fingerprint density at radius 2 is 2.11 bits per heavy atom. The predicted molar refractivity (Wildman–Crippen MR) is 82.0 cm³/mol. The molecule has 0 radical (unpaired) electrons. The second-order valence-corrected chi connectivity index (χ2v) is 7.41. The fraction of sp³-hybridized carbons (Fsp3) is 0.500. The number of hydrogen-bond acceptors (Lipinski definition) is 3. The zero-order chi connectivity index (χ0) is 13.3. The summed E-state index contributed by atoms with van der Waals surface area (Å²) in [5.74, 6) is 0.485. The van der Waals surface area contributed by atoms with E-state index in [0.717, 1.165) is 22.9 Å². The lowest BCUT2D eigenvalue weighted by molar-refractivity contribution is 0.547. The molecule has 1 aromatic rings. The van der Waals surface area contributed by atoms with Crippen molar-refractivity contribution in [1.82, 2.24) is 4.72 Å². The topological polar surface area (TPSA) is 72.2 Å². The maximum Gasteiger partial charge on any atom is 0.240 e. The monoisotopic (exact) mass is 368 g/mol. The Kier molecular flexibility index (Phi) is 5.82. The van der Waals surface area contributed by atoms with E-state index in [2.05, 4.69) is 20.7 Å². The number of sulfonamides is 1. The third kappa shape index (κ3) is 4.43. The van der Waals surface area contributed by atoms with E-state index in [9.17, 15) is 8.42 Å². The molecule has 0 saturated heterocycles. The summed E-state index contributed by atoms with van der Waals surface area (Å²) in [6, 6.07) is 5.04. The molecule has 1 saturated carbocycles. The lowest BCUT2D eigenvalue weighted by atomic mass is 10.2. The maximum atomic E-state index is 12.1. The van der Waals surface area contributed by atoms with E-state index >= 15 is 0 Å². The van der Waals surface area contributed by atoms with Crippen LogP contribution < -0.4 is 10.5 Å². The molecule has 0 aromatic heterocycles. The minimum Gasteiger partial charge on any atom is -0.326 e. The first-order valence-corrected chi connectivity index (χ1v) is 8.19. The molecular formula is C12H18BrClN2O2S. The fourth-order valence-electron chi connectivity index (χ4n) is 1.89. The average Bonchev–Trinajstić information content (AvgIpc) is 3.09. The van der Waals surface area contributed by atoms with Gasteiger partial charge in [0.1, 0.15) is 0 Å². The molecule has 0 amide bonds. The SMILES string of the molecule is Cc1cc(Br)ccc1S(=O)(=O)NCC(N)C1CC1.Cl. The molecule has 0 aliphatic heterocycles. The quantitative estimate of drug-likeness (QED) is 0.835. The van der Waals surface area contributed by atoms with Crippen LogP contribution >= 0.6 is 28.3 Å². The van der Waals surface area contributed by atoms with Crippen molar-refractivity contribution in [3.05, 3.63) is 28.2 Å². The number of halogens is 2. The lowest BCUT2D eigenvalue weighted by Crippen LogP contribution is -2.38. The van der Waals surface area contributed by atoms with E-state index in [1.807, 2.05) is 0 Å². The first-order valence-electron chi connectivity index (χ1n) is 5.91. The van der Waals surface area contributed by atoms with Crippen LogP contribution in [0.15, 0.2) is 27.6 Å². The highest BCUT2D eigenvalue weighted by Gasteiger charge is 2.29. The summed E-state index contributed by atoms with van der Waals surface area (Å²) in [4.78, 5) is 0.314. The molecular weight excluding hydrogens is 352 g/mol. The molecule has 19 heavy (non-hydrogen) atoms. The predicted octanol–water partition coefficient (Wildman–Crippen LogP) is 2.19. The van der Waals surface area contributed by atoms with Gasteiger partial charge in [0, 0.05) is 17.1 Å². The Balaban J connectivity index is 0.00000180. The van der Waals surface area contributed by atoms with Crippen LogP contribution in [0.5, 0.6) is 0 Å². The molecule has 1 aliphatic carbocycles. The van der Waals surface area contributed by atoms with Crippen LogP contribution in [-0.4, -0.2) is 21.0 Å². The third-order valence-corrected chi connectivity index (χ3v) is 5.24. The second-order valence-electron chi connectivity index (χ2n) is 4.76. The summed E-state index contributed by atoms with van der Waals surface area (Å²) >= 11 is 3.32. The largest absolute Gasteiger partial charge is 0.326 e. The highest BCUT2D eigenvalue weighted by atomic mass is 79.9. The van der Waals surface area contributed by atoms with Crippen molar-refractivity contribution in [3.63, 3.8) is 0 Å². The Hall–Kier alpha value is -0.140. The molecule has 1 aromatic carbocycles. The number of nitrogens with two attached hydrogens (primary N) is 1. The van der Waals surface area contributed by atoms with Crippen molar-refractivity contribution in [2.24, 2.45) is 11.7 Å². The van der Waals surface area contributed by atoms with Gasteiger partial charge in [-0.1, -0.05) is 15.9 Å². The first-order chi connectivity index (χ1) is 8.40. The Bertz CT molecular complexity index is 547. The number of rotatable bonds is 5. The molecule has 1 aliphatic rings. The molecule has 1 atom stereocenters. The number of aryl methyl sites for hydroxylation is 1. The molecule has 1 fully saturated rings. The second kappa shape index (κ2) is 6.54. The highest BCUT2D eigenvalue weighted by Crippen LogP contribution is 2.31. The van der Waals surface area contributed by atoms with Gasteiger partial charge in [-0.15, -0.1) is 12.4 Å². The molecule has 0 heterocycles. The molecule has 108 valence electrons. The van der Waals surface area contributed by atoms with Crippen LogP contribution in [0.25, 0.3) is 0 Å². The van der Waals surface area contributed by atoms with Gasteiger partial charge in [-0.3, -0.25) is 0 Å². The zero-order valence-corrected chi connectivity index (χ0v) is 13.8. The number of nitrogens with one attached hydrogen (secondary N) is 1. The Labute approximate surface area is 128 Å². The van der Waals surface area contributed by atoms with Crippen molar-refractivity contribution in [2.45, 2.75) is 30.7 Å². The van der Waals surface area contributed by atoms with Crippen molar-refractivity contribution in [1.29, 1.82) is 0 Å². The van der Waals surface area contributed by atoms with Crippen molar-refractivity contribution in [2.75, 3.05) is 6.54 Å². The summed E-state index contributed by atoms with van der Waals surface area (Å²) in [5.41, 5.74) is 6.61. The van der Waals surface area contributed by atoms with E-state index in [-0.39, 0.29) is 18.4 Å². The first kappa shape index (κ1) is 16.9. The van der Waals surface area contributed by atoms with Crippen molar-refractivity contribution in [3.8, 4) is 0 Å². The Morgan fingerprint density at radius 3 is 2.63 bits per heavy atom. The van der Waals surface area contributed by atoms with Crippen LogP contribution in [0.3, 0.4) is 0 Å². The standard InChI is InChI=1S/C12H17BrN2O2S.ClH/c1-8-6-10(13)4-5-12(8)18(16,17)15-7-11(14)9-2-3-9;/h4-6,9,11,15H,2-3,7,14H2,1H3;1H. The molecule has 2 rings (SSSR count). The van der Waals surface area contributed by atoms with Crippen LogP contribution in [0.1, 0.15) is 18.4 Å². The minimum atomic E-state index is -3.46. The smallest absolute Gasteiger partial charge is 0.240 e. The summed E-state index contributed by atoms with van der Waals surface area (Å²) in [7, 11) is -3.46. The van der Waals surface area contributed by atoms with E-state index < -0.39 is 10.0 Å². The van der Waals surface area contributed by atoms with Gasteiger partial charge in [-0.25, -0.2) is 13.1 Å². The van der Waals surface area contributed by atoms with Crippen LogP contribution in [0.2, 0.25) is 0 Å². The van der Waals surface area contributed by atoms with Gasteiger partial charge in [-0.2, -0.15) is 0 Å². The van der Waals surface area contributed by atoms with Crippen molar-refractivity contribution < 1.29 is 8.42 Å². The van der Waals surface area contributed by atoms with Crippen LogP contribution in [0, 0.1) is 12.8 Å². The van der Waals surface area contributed by atoms with Gasteiger partial charge >= 0.3 is 0 Å². The molecule has 4 nitrogen and oxygen atoms in total. The molecule has 7 heteroatoms. The van der Waals surface area contributed by atoms with Crippen molar-refractivity contribution >= 4 is 38.4 Å². The summed E-state index contributed by atoms with van der Waals surface area (Å²) in [6.45, 7) is 2.09. The third-order valence-electron chi connectivity index (χ3n) is 3.16. The summed E-state index contributed by atoms with van der Waals surface area (Å²) in [5, 5.41) is 0. The van der Waals surface area contributed by atoms with Gasteiger partial charge in [0.05, 0.1) is 4.90 Å². The van der Waals surface area contributed by atoms with Gasteiger partial charge in [-0.05, 0) is 49.4 Å². The van der Waals surface area contributed by atoms with Gasteiger partial charge in [0.25, 0.3) is 0 Å². The Morgan fingerprint density at radius 1 is 1.47 bits per heavy atom. The van der Waals surface area contributed by atoms with E-state index in [4.69, 9.17) is 5.73 Å². The summed E-state index contributed by atoms with van der Waals surface area (Å²) < 4.78 is 27.7. The van der Waals surface area contributed by atoms with Gasteiger partial charge in [0.2, 0.25) is 10.0 Å². The van der Waals surface area contributed by atoms with E-state index in [1.54, 1.807) is 25.1 Å². The average molecular weight is 370 g/mol. The fourth-order valence-corrected chi connectivity index (χ4v) is 3.66. The van der Waals surface area contributed by atoms with E-state index in [0.29, 0.717) is 17.4 Å². The normalized spacial score (nSPS) is 16.8. The molecule has 1 unspecified atom stereocenters. The number of benzene rings is 1. The molecule has 0 spiro atoms. The summed E-state index contributed by atoms with van der Waals surface area (Å²) in [6.07, 6.45) is 2.22. The minimum absolute atomic E-state index is 0. The lowest BCUT2D eigenvalue weighted by Gasteiger charge is -2.13. The zero-order valence-electron chi connectivity index (χ0n) is 10.6. The van der Waals surface area contributed by atoms with Crippen LogP contribution in [-0.2, 0) is 10.0 Å². The van der Waals surface area contributed by atoms with Gasteiger partial charge in [0.15, 0.2) is 0 Å². The molecule has 3 N–H and O–H groups in total. The maximum absolute atomic E-state index is 12.1. The number of hydrogen-bond donors (Lipinski definition) is 2. The highest BCUT2D eigenvalue weighted by molar-refractivity contribution is 9.10. The van der Waals surface area contributed by atoms with E-state index in [1.165, 1.54) is 0 Å². The molecule has 0 bridgehead atoms. The van der Waals surface area contributed by atoms with Crippen LogP contribution in [0.4, 0.5) is 0 Å². The van der Waals surface area contributed by atoms with Gasteiger partial charge < -0.3 is 5.73 Å².